The van der Waals surface area contributed by atoms with Crippen molar-refractivity contribution >= 4 is 34.6 Å². The van der Waals surface area contributed by atoms with Crippen molar-refractivity contribution in [1.29, 1.82) is 0 Å². The highest BCUT2D eigenvalue weighted by atomic mass is 32.2. The van der Waals surface area contributed by atoms with Crippen LogP contribution in [0.25, 0.3) is 11.6 Å². The summed E-state index contributed by atoms with van der Waals surface area (Å²) in [4.78, 5) is 26.1. The number of amides is 1. The summed E-state index contributed by atoms with van der Waals surface area (Å²) >= 11 is 1.03. The number of aliphatic carboxylic acids is 1. The van der Waals surface area contributed by atoms with E-state index in [0.29, 0.717) is 39.0 Å². The summed E-state index contributed by atoms with van der Waals surface area (Å²) in [5, 5.41) is 9.69. The molecule has 0 radical (unpaired) electrons. The van der Waals surface area contributed by atoms with Crippen LogP contribution in [-0.2, 0) is 4.79 Å². The van der Waals surface area contributed by atoms with Crippen molar-refractivity contribution in [1.82, 2.24) is 4.90 Å². The summed E-state index contributed by atoms with van der Waals surface area (Å²) in [6.07, 6.45) is 1.51. The molecule has 0 atom stereocenters. The number of methoxy groups -OCH3 is 4. The Balaban J connectivity index is 2.54. The molecule has 0 saturated carbocycles. The SMILES string of the molecule is COc1cc(/C=C(/C(=O)O)c2cc(OC)c(OC)c(OC)c2)ccc1SC(=O)N(C)C. The van der Waals surface area contributed by atoms with Crippen LogP contribution < -0.4 is 18.9 Å². The lowest BCUT2D eigenvalue weighted by molar-refractivity contribution is -0.130. The van der Waals surface area contributed by atoms with E-state index < -0.39 is 5.97 Å². The molecule has 0 bridgehead atoms. The van der Waals surface area contributed by atoms with E-state index in [-0.39, 0.29) is 10.8 Å². The fraction of sp³-hybridized carbons (Fsp3) is 0.273. The Labute approximate surface area is 185 Å². The highest BCUT2D eigenvalue weighted by Gasteiger charge is 2.19. The largest absolute Gasteiger partial charge is 0.496 e. The third-order valence-corrected chi connectivity index (χ3v) is 5.36. The van der Waals surface area contributed by atoms with Gasteiger partial charge < -0.3 is 29.0 Å². The van der Waals surface area contributed by atoms with Gasteiger partial charge in [-0.2, -0.15) is 0 Å². The molecular formula is C22H25NO7S. The topological polar surface area (TPSA) is 94.5 Å². The molecule has 0 unspecified atom stereocenters. The quantitative estimate of drug-likeness (QED) is 0.367. The van der Waals surface area contributed by atoms with Crippen LogP contribution >= 0.6 is 11.8 Å². The van der Waals surface area contributed by atoms with Crippen molar-refractivity contribution in [2.24, 2.45) is 0 Å². The standard InChI is InChI=1S/C22H25NO7S/c1-23(2)22(26)31-19-8-7-13(10-16(19)27-3)9-15(21(24)25)14-11-17(28-4)20(30-6)18(12-14)29-5/h7-12H,1-6H3,(H,24,25)/b15-9+. The van der Waals surface area contributed by atoms with Gasteiger partial charge in [0.25, 0.3) is 5.24 Å². The lowest BCUT2D eigenvalue weighted by Crippen LogP contribution is -2.16. The first kappa shape index (κ1) is 23.9. The normalized spacial score (nSPS) is 11.0. The van der Waals surface area contributed by atoms with E-state index in [1.165, 1.54) is 39.4 Å². The summed E-state index contributed by atoms with van der Waals surface area (Å²) in [7, 11) is 9.21. The summed E-state index contributed by atoms with van der Waals surface area (Å²) in [5.41, 5.74) is 0.984. The number of hydrogen-bond acceptors (Lipinski definition) is 7. The maximum atomic E-state index is 12.0. The molecule has 0 spiro atoms. The molecule has 166 valence electrons. The molecule has 1 N–H and O–H groups in total. The molecule has 31 heavy (non-hydrogen) atoms. The maximum Gasteiger partial charge on any atom is 0.336 e. The van der Waals surface area contributed by atoms with E-state index in [9.17, 15) is 14.7 Å². The van der Waals surface area contributed by atoms with E-state index >= 15 is 0 Å². The second-order valence-corrected chi connectivity index (χ2v) is 7.44. The van der Waals surface area contributed by atoms with Gasteiger partial charge in [0, 0.05) is 14.1 Å². The number of thioether (sulfide) groups is 1. The smallest absolute Gasteiger partial charge is 0.336 e. The van der Waals surface area contributed by atoms with Gasteiger partial charge in [-0.1, -0.05) is 6.07 Å². The number of carboxylic acid groups (broad SMARTS) is 1. The molecular weight excluding hydrogens is 422 g/mol. The Hall–Kier alpha value is -3.33. The van der Waals surface area contributed by atoms with Crippen molar-refractivity contribution in [3.8, 4) is 23.0 Å². The van der Waals surface area contributed by atoms with E-state index in [2.05, 4.69) is 0 Å². The van der Waals surface area contributed by atoms with E-state index in [0.717, 1.165) is 11.8 Å². The highest BCUT2D eigenvalue weighted by molar-refractivity contribution is 8.13. The van der Waals surface area contributed by atoms with Crippen molar-refractivity contribution in [2.75, 3.05) is 42.5 Å². The number of rotatable bonds is 8. The van der Waals surface area contributed by atoms with E-state index in [1.807, 2.05) is 0 Å². The van der Waals surface area contributed by atoms with Crippen molar-refractivity contribution in [3.05, 3.63) is 41.5 Å². The molecule has 2 aromatic carbocycles. The Bertz CT molecular complexity index is 976. The van der Waals surface area contributed by atoms with Crippen LogP contribution in [-0.4, -0.2) is 63.7 Å². The number of benzene rings is 2. The second-order valence-electron chi connectivity index (χ2n) is 6.45. The van der Waals surface area contributed by atoms with Crippen molar-refractivity contribution < 1.29 is 33.6 Å². The first-order valence-corrected chi connectivity index (χ1v) is 9.89. The van der Waals surface area contributed by atoms with Crippen molar-refractivity contribution in [2.45, 2.75) is 4.90 Å². The minimum Gasteiger partial charge on any atom is -0.496 e. The summed E-state index contributed by atoms with van der Waals surface area (Å²) in [6, 6.07) is 8.24. The van der Waals surface area contributed by atoms with E-state index in [1.54, 1.807) is 44.4 Å². The molecule has 0 aliphatic carbocycles. The average Bonchev–Trinajstić information content (AvgIpc) is 2.76. The number of carbonyl (C=O) groups excluding carboxylic acids is 1. The zero-order valence-corrected chi connectivity index (χ0v) is 19.0. The Morgan fingerprint density at radius 1 is 0.903 bits per heavy atom. The minimum absolute atomic E-state index is 0.0195. The van der Waals surface area contributed by atoms with Crippen LogP contribution in [0.5, 0.6) is 23.0 Å². The fourth-order valence-electron chi connectivity index (χ4n) is 2.72. The van der Waals surface area contributed by atoms with Crippen LogP contribution in [0.4, 0.5) is 4.79 Å². The molecule has 0 heterocycles. The minimum atomic E-state index is -1.13. The molecule has 2 rings (SSSR count). The van der Waals surface area contributed by atoms with Crippen LogP contribution in [0, 0.1) is 0 Å². The van der Waals surface area contributed by atoms with Crippen LogP contribution in [0.15, 0.2) is 35.2 Å². The van der Waals surface area contributed by atoms with Crippen molar-refractivity contribution in [3.63, 3.8) is 0 Å². The number of nitrogens with zero attached hydrogens (tertiary/aromatic N) is 1. The lowest BCUT2D eigenvalue weighted by atomic mass is 10.0. The summed E-state index contributed by atoms with van der Waals surface area (Å²) in [6.45, 7) is 0. The summed E-state index contributed by atoms with van der Waals surface area (Å²) in [5.74, 6) is 0.385. The Kier molecular flexibility index (Phi) is 8.21. The lowest BCUT2D eigenvalue weighted by Gasteiger charge is -2.15. The molecule has 8 nitrogen and oxygen atoms in total. The summed E-state index contributed by atoms with van der Waals surface area (Å²) < 4.78 is 21.3. The number of hydrogen-bond donors (Lipinski definition) is 1. The second kappa shape index (κ2) is 10.6. The van der Waals surface area contributed by atoms with Gasteiger partial charge in [-0.3, -0.25) is 4.79 Å². The molecule has 0 aromatic heterocycles. The predicted octanol–water partition coefficient (Wildman–Crippen LogP) is 4.12. The van der Waals surface area contributed by atoms with Gasteiger partial charge in [0.1, 0.15) is 5.75 Å². The average molecular weight is 448 g/mol. The van der Waals surface area contributed by atoms with Crippen LogP contribution in [0.1, 0.15) is 11.1 Å². The van der Waals surface area contributed by atoms with Gasteiger partial charge in [-0.25, -0.2) is 4.79 Å². The molecule has 1 amide bonds. The van der Waals surface area contributed by atoms with Crippen LogP contribution in [0.3, 0.4) is 0 Å². The van der Waals surface area contributed by atoms with Gasteiger partial charge >= 0.3 is 5.97 Å². The van der Waals surface area contributed by atoms with Gasteiger partial charge in [-0.05, 0) is 53.2 Å². The molecule has 2 aromatic rings. The first-order chi connectivity index (χ1) is 14.7. The number of ether oxygens (including phenoxy) is 4. The first-order valence-electron chi connectivity index (χ1n) is 9.08. The van der Waals surface area contributed by atoms with Gasteiger partial charge in [0.15, 0.2) is 11.5 Å². The number of carboxylic acids is 1. The third-order valence-electron chi connectivity index (χ3n) is 4.27. The third kappa shape index (κ3) is 5.64. The van der Waals surface area contributed by atoms with Gasteiger partial charge in [0.05, 0.1) is 38.9 Å². The Morgan fingerprint density at radius 2 is 1.48 bits per heavy atom. The molecule has 0 fully saturated rings. The molecule has 9 heteroatoms. The van der Waals surface area contributed by atoms with Gasteiger partial charge in [0.2, 0.25) is 5.75 Å². The zero-order valence-electron chi connectivity index (χ0n) is 18.2. The van der Waals surface area contributed by atoms with Crippen LogP contribution in [0.2, 0.25) is 0 Å². The Morgan fingerprint density at radius 3 is 1.94 bits per heavy atom. The maximum absolute atomic E-state index is 12.0. The predicted molar refractivity (Wildman–Crippen MR) is 120 cm³/mol. The number of carbonyl (C=O) groups is 2. The molecule has 0 aliphatic heterocycles. The zero-order chi connectivity index (χ0) is 23.1. The monoisotopic (exact) mass is 447 g/mol. The highest BCUT2D eigenvalue weighted by Crippen LogP contribution is 2.40. The molecule has 0 aliphatic rings. The van der Waals surface area contributed by atoms with E-state index in [4.69, 9.17) is 18.9 Å². The molecule has 0 saturated heterocycles. The van der Waals surface area contributed by atoms with Gasteiger partial charge in [-0.15, -0.1) is 0 Å². The fourth-order valence-corrected chi connectivity index (χ4v) is 3.47.